The molecule has 0 aliphatic heterocycles. The molecule has 0 atom stereocenters. The van der Waals surface area contributed by atoms with E-state index in [2.05, 4.69) is 19.9 Å². The van der Waals surface area contributed by atoms with Gasteiger partial charge in [-0.2, -0.15) is 5.10 Å². The Morgan fingerprint density at radius 2 is 1.96 bits per heavy atom. The summed E-state index contributed by atoms with van der Waals surface area (Å²) in [5, 5.41) is 18.7. The van der Waals surface area contributed by atoms with Crippen molar-refractivity contribution in [3.63, 3.8) is 0 Å². The quantitative estimate of drug-likeness (QED) is 0.610. The summed E-state index contributed by atoms with van der Waals surface area (Å²) in [5.74, 6) is 0.207. The topological polar surface area (TPSA) is 108 Å². The first kappa shape index (κ1) is 17.6. The summed E-state index contributed by atoms with van der Waals surface area (Å²) in [6.45, 7) is 3.59. The van der Waals surface area contributed by atoms with E-state index in [0.717, 1.165) is 16.3 Å². The molecule has 0 aliphatic carbocycles. The lowest BCUT2D eigenvalue weighted by molar-refractivity contribution is 0.475. The number of phenols is 1. The van der Waals surface area contributed by atoms with Crippen LogP contribution in [0.4, 0.5) is 0 Å². The SMILES string of the molecule is Cc1n[nH]c(C)c1S(=O)(=O)NCCc1nc(-c2ccc(O)cc2)cs1. The van der Waals surface area contributed by atoms with Crippen LogP contribution in [0.25, 0.3) is 11.3 Å². The second kappa shape index (κ2) is 6.95. The maximum absolute atomic E-state index is 12.4. The molecule has 0 spiro atoms. The van der Waals surface area contributed by atoms with Gasteiger partial charge in [0, 0.05) is 23.9 Å². The molecule has 2 aromatic heterocycles. The second-order valence-electron chi connectivity index (χ2n) is 5.58. The summed E-state index contributed by atoms with van der Waals surface area (Å²) >= 11 is 1.48. The number of aryl methyl sites for hydroxylation is 2. The van der Waals surface area contributed by atoms with Crippen molar-refractivity contribution in [3.05, 3.63) is 46.0 Å². The van der Waals surface area contributed by atoms with Crippen molar-refractivity contribution < 1.29 is 13.5 Å². The van der Waals surface area contributed by atoms with Gasteiger partial charge < -0.3 is 5.11 Å². The van der Waals surface area contributed by atoms with E-state index in [9.17, 15) is 13.5 Å². The van der Waals surface area contributed by atoms with Crippen LogP contribution in [0.2, 0.25) is 0 Å². The van der Waals surface area contributed by atoms with Gasteiger partial charge in [-0.25, -0.2) is 18.1 Å². The number of nitrogens with zero attached hydrogens (tertiary/aromatic N) is 2. The molecule has 3 rings (SSSR count). The van der Waals surface area contributed by atoms with Gasteiger partial charge in [-0.1, -0.05) is 0 Å². The van der Waals surface area contributed by atoms with Crippen molar-refractivity contribution in [3.8, 4) is 17.0 Å². The Labute approximate surface area is 149 Å². The van der Waals surface area contributed by atoms with E-state index < -0.39 is 10.0 Å². The molecular formula is C16H18N4O3S2. The third-order valence-corrected chi connectivity index (χ3v) is 6.31. The van der Waals surface area contributed by atoms with E-state index >= 15 is 0 Å². The van der Waals surface area contributed by atoms with E-state index in [1.165, 1.54) is 11.3 Å². The smallest absolute Gasteiger partial charge is 0.244 e. The Balaban J connectivity index is 1.64. The molecule has 3 N–H and O–H groups in total. The lowest BCUT2D eigenvalue weighted by Crippen LogP contribution is -2.26. The van der Waals surface area contributed by atoms with Gasteiger partial charge in [0.15, 0.2) is 0 Å². The molecule has 3 aromatic rings. The molecule has 0 aliphatic rings. The van der Waals surface area contributed by atoms with Gasteiger partial charge in [-0.3, -0.25) is 5.10 Å². The number of aromatic nitrogens is 3. The first-order valence-electron chi connectivity index (χ1n) is 7.62. The highest BCUT2D eigenvalue weighted by Gasteiger charge is 2.21. The van der Waals surface area contributed by atoms with Crippen molar-refractivity contribution in [2.24, 2.45) is 0 Å². The summed E-state index contributed by atoms with van der Waals surface area (Å²) in [6.07, 6.45) is 0.498. The number of sulfonamides is 1. The van der Waals surface area contributed by atoms with E-state index in [4.69, 9.17) is 0 Å². The molecule has 7 nitrogen and oxygen atoms in total. The van der Waals surface area contributed by atoms with Crippen molar-refractivity contribution in [1.82, 2.24) is 19.9 Å². The Morgan fingerprint density at radius 1 is 1.24 bits per heavy atom. The molecule has 0 bridgehead atoms. The number of hydrogen-bond acceptors (Lipinski definition) is 6. The summed E-state index contributed by atoms with van der Waals surface area (Å²) in [6, 6.07) is 6.80. The standard InChI is InChI=1S/C16H18N4O3S2/c1-10-16(11(2)20-19-10)25(22,23)17-8-7-15-18-14(9-24-15)12-3-5-13(21)6-4-12/h3-6,9,17,21H,7-8H2,1-2H3,(H,19,20). The van der Waals surface area contributed by atoms with Gasteiger partial charge in [0.2, 0.25) is 10.0 Å². The van der Waals surface area contributed by atoms with Gasteiger partial charge in [0.25, 0.3) is 0 Å². The average molecular weight is 378 g/mol. The molecule has 2 heterocycles. The number of thiazole rings is 1. The van der Waals surface area contributed by atoms with Crippen LogP contribution >= 0.6 is 11.3 Å². The number of aromatic hydroxyl groups is 1. The lowest BCUT2D eigenvalue weighted by atomic mass is 10.2. The molecule has 25 heavy (non-hydrogen) atoms. The molecule has 0 radical (unpaired) electrons. The molecule has 0 saturated carbocycles. The zero-order valence-electron chi connectivity index (χ0n) is 13.8. The highest BCUT2D eigenvalue weighted by Crippen LogP contribution is 2.24. The normalized spacial score (nSPS) is 11.8. The highest BCUT2D eigenvalue weighted by molar-refractivity contribution is 7.89. The summed E-state index contributed by atoms with van der Waals surface area (Å²) in [7, 11) is -3.59. The molecule has 0 unspecified atom stereocenters. The van der Waals surface area contributed by atoms with Crippen LogP contribution in [0.5, 0.6) is 5.75 Å². The van der Waals surface area contributed by atoms with Crippen LogP contribution in [0.1, 0.15) is 16.4 Å². The van der Waals surface area contributed by atoms with Crippen LogP contribution < -0.4 is 4.72 Å². The minimum absolute atomic E-state index is 0.205. The van der Waals surface area contributed by atoms with Crippen LogP contribution in [0.15, 0.2) is 34.5 Å². The zero-order valence-corrected chi connectivity index (χ0v) is 15.4. The summed E-state index contributed by atoms with van der Waals surface area (Å²) in [4.78, 5) is 4.72. The van der Waals surface area contributed by atoms with E-state index in [1.54, 1.807) is 38.1 Å². The first-order valence-corrected chi connectivity index (χ1v) is 9.98. The fourth-order valence-corrected chi connectivity index (χ4v) is 4.70. The second-order valence-corrected chi connectivity index (χ2v) is 8.23. The Hall–Kier alpha value is -2.23. The highest BCUT2D eigenvalue weighted by atomic mass is 32.2. The van der Waals surface area contributed by atoms with Crippen LogP contribution in [-0.2, 0) is 16.4 Å². The lowest BCUT2D eigenvalue weighted by Gasteiger charge is -2.05. The van der Waals surface area contributed by atoms with Gasteiger partial charge in [-0.05, 0) is 38.1 Å². The van der Waals surface area contributed by atoms with Gasteiger partial charge >= 0.3 is 0 Å². The average Bonchev–Trinajstić information content (AvgIpc) is 3.15. The maximum Gasteiger partial charge on any atom is 0.244 e. The molecule has 0 saturated heterocycles. The number of H-pyrrole nitrogens is 1. The van der Waals surface area contributed by atoms with Crippen molar-refractivity contribution >= 4 is 21.4 Å². The van der Waals surface area contributed by atoms with E-state index in [0.29, 0.717) is 17.8 Å². The predicted molar refractivity (Wildman–Crippen MR) is 96.2 cm³/mol. The molecule has 132 valence electrons. The third-order valence-electron chi connectivity index (χ3n) is 3.68. The van der Waals surface area contributed by atoms with Crippen molar-refractivity contribution in [1.29, 1.82) is 0 Å². The van der Waals surface area contributed by atoms with Gasteiger partial charge in [-0.15, -0.1) is 11.3 Å². The largest absolute Gasteiger partial charge is 0.508 e. The molecular weight excluding hydrogens is 360 g/mol. The molecule has 0 amide bonds. The van der Waals surface area contributed by atoms with Crippen LogP contribution in [0, 0.1) is 13.8 Å². The molecule has 9 heteroatoms. The number of nitrogens with one attached hydrogen (secondary N) is 2. The number of aromatic amines is 1. The monoisotopic (exact) mass is 378 g/mol. The van der Waals surface area contributed by atoms with E-state index in [1.807, 2.05) is 5.38 Å². The number of benzene rings is 1. The van der Waals surface area contributed by atoms with Crippen LogP contribution in [0.3, 0.4) is 0 Å². The predicted octanol–water partition coefficient (Wildman–Crippen LogP) is 2.38. The number of hydrogen-bond donors (Lipinski definition) is 3. The summed E-state index contributed by atoms with van der Waals surface area (Å²) < 4.78 is 27.3. The fourth-order valence-electron chi connectivity index (χ4n) is 2.49. The Bertz CT molecular complexity index is 956. The summed E-state index contributed by atoms with van der Waals surface area (Å²) in [5.41, 5.74) is 2.69. The van der Waals surface area contributed by atoms with Crippen LogP contribution in [-0.4, -0.2) is 35.3 Å². The molecule has 1 aromatic carbocycles. The fraction of sp³-hybridized carbons (Fsp3) is 0.250. The van der Waals surface area contributed by atoms with Crippen molar-refractivity contribution in [2.75, 3.05) is 6.54 Å². The maximum atomic E-state index is 12.4. The first-order chi connectivity index (χ1) is 11.9. The third kappa shape index (κ3) is 3.89. The zero-order chi connectivity index (χ0) is 18.0. The van der Waals surface area contributed by atoms with Gasteiger partial charge in [0.05, 0.1) is 22.1 Å². The molecule has 0 fully saturated rings. The Kier molecular flexibility index (Phi) is 4.89. The van der Waals surface area contributed by atoms with E-state index in [-0.39, 0.29) is 17.2 Å². The number of phenolic OH excluding ortho intramolecular Hbond substituents is 1. The number of rotatable bonds is 6. The minimum atomic E-state index is -3.59. The Morgan fingerprint density at radius 3 is 2.60 bits per heavy atom. The van der Waals surface area contributed by atoms with Gasteiger partial charge in [0.1, 0.15) is 10.6 Å². The van der Waals surface area contributed by atoms with Crippen molar-refractivity contribution in [2.45, 2.75) is 25.2 Å². The minimum Gasteiger partial charge on any atom is -0.508 e.